The fraction of sp³-hybridized carbons (Fsp3) is 0.400. The van der Waals surface area contributed by atoms with E-state index in [0.29, 0.717) is 16.5 Å². The summed E-state index contributed by atoms with van der Waals surface area (Å²) in [5, 5.41) is 0.522. The first-order chi connectivity index (χ1) is 20.4. The SMILES string of the molecule is C#Cc1cnc(O[C@H]2C[C@@H](C(C)=O)N(c3nc(C(F)F)nc4c3oc3ccccc34)C2)c([C@]2(F)CCS(=O)(=O)C[C@H]2C)c1. The lowest BCUT2D eigenvalue weighted by Crippen LogP contribution is -2.41. The van der Waals surface area contributed by atoms with Crippen LogP contribution in [0.3, 0.4) is 0 Å². The van der Waals surface area contributed by atoms with Gasteiger partial charge in [-0.3, -0.25) is 4.79 Å². The molecular formula is C30H27F3N4O5S. The van der Waals surface area contributed by atoms with Crippen molar-refractivity contribution in [3.63, 3.8) is 0 Å². The zero-order chi connectivity index (χ0) is 30.7. The van der Waals surface area contributed by atoms with Crippen LogP contribution in [0.15, 0.2) is 40.9 Å². The third-order valence-corrected chi connectivity index (χ3v) is 10.1. The molecule has 5 heterocycles. The number of para-hydroxylation sites is 1. The molecule has 0 amide bonds. The summed E-state index contributed by atoms with van der Waals surface area (Å²) in [6.45, 7) is 2.90. The second-order valence-electron chi connectivity index (χ2n) is 11.1. The highest BCUT2D eigenvalue weighted by molar-refractivity contribution is 7.91. The van der Waals surface area contributed by atoms with Crippen molar-refractivity contribution in [2.45, 2.75) is 50.9 Å². The van der Waals surface area contributed by atoms with Gasteiger partial charge in [-0.2, -0.15) is 0 Å². The summed E-state index contributed by atoms with van der Waals surface area (Å²) in [7, 11) is -3.41. The minimum atomic E-state index is -3.41. The van der Waals surface area contributed by atoms with E-state index in [0.717, 1.165) is 0 Å². The fourth-order valence-corrected chi connectivity index (χ4v) is 7.82. The van der Waals surface area contributed by atoms with E-state index in [1.165, 1.54) is 26.1 Å². The number of halogens is 3. The number of aromatic nitrogens is 3. The first-order valence-corrected chi connectivity index (χ1v) is 15.5. The van der Waals surface area contributed by atoms with Gasteiger partial charge in [0.2, 0.25) is 5.88 Å². The third-order valence-electron chi connectivity index (χ3n) is 8.22. The van der Waals surface area contributed by atoms with Gasteiger partial charge in [0.25, 0.3) is 6.43 Å². The van der Waals surface area contributed by atoms with Crippen molar-refractivity contribution in [1.29, 1.82) is 0 Å². The lowest BCUT2D eigenvalue weighted by molar-refractivity contribution is -0.118. The van der Waals surface area contributed by atoms with Crippen molar-refractivity contribution in [2.75, 3.05) is 23.0 Å². The number of rotatable bonds is 6. The molecule has 6 rings (SSSR count). The summed E-state index contributed by atoms with van der Waals surface area (Å²) in [4.78, 5) is 26.8. The van der Waals surface area contributed by atoms with E-state index >= 15 is 4.39 Å². The molecule has 0 saturated carbocycles. The lowest BCUT2D eigenvalue weighted by atomic mass is 9.82. The van der Waals surface area contributed by atoms with Gasteiger partial charge in [0.15, 0.2) is 32.8 Å². The number of alkyl halides is 3. The van der Waals surface area contributed by atoms with Crippen molar-refractivity contribution in [3.8, 4) is 18.2 Å². The Morgan fingerprint density at radius 3 is 2.74 bits per heavy atom. The maximum absolute atomic E-state index is 16.6. The number of furan rings is 1. The molecule has 0 bridgehead atoms. The van der Waals surface area contributed by atoms with Gasteiger partial charge in [0.05, 0.1) is 29.7 Å². The fourth-order valence-electron chi connectivity index (χ4n) is 6.02. The molecule has 43 heavy (non-hydrogen) atoms. The van der Waals surface area contributed by atoms with Gasteiger partial charge in [-0.25, -0.2) is 36.5 Å². The van der Waals surface area contributed by atoms with E-state index in [9.17, 15) is 22.0 Å². The van der Waals surface area contributed by atoms with Gasteiger partial charge in [-0.05, 0) is 25.1 Å². The molecule has 0 N–H and O–H groups in total. The number of anilines is 1. The van der Waals surface area contributed by atoms with Crippen LogP contribution in [0.2, 0.25) is 0 Å². The number of fused-ring (bicyclic) bond motifs is 3. The maximum Gasteiger partial charge on any atom is 0.297 e. The van der Waals surface area contributed by atoms with Crippen LogP contribution in [-0.2, 0) is 20.3 Å². The normalized spacial score (nSPS) is 25.3. The Bertz CT molecular complexity index is 1910. The molecule has 0 unspecified atom stereocenters. The molecule has 1 aromatic carbocycles. The predicted molar refractivity (Wildman–Crippen MR) is 153 cm³/mol. The molecule has 224 valence electrons. The number of hydrogen-bond acceptors (Lipinski definition) is 9. The highest BCUT2D eigenvalue weighted by Gasteiger charge is 2.48. The number of terminal acetylenes is 1. The van der Waals surface area contributed by atoms with Crippen molar-refractivity contribution in [1.82, 2.24) is 15.0 Å². The second-order valence-corrected chi connectivity index (χ2v) is 13.3. The Kier molecular flexibility index (Phi) is 7.07. The number of carbonyl (C=O) groups excluding carboxylic acids is 1. The lowest BCUT2D eigenvalue weighted by Gasteiger charge is -2.36. The van der Waals surface area contributed by atoms with Crippen LogP contribution in [0, 0.1) is 18.3 Å². The van der Waals surface area contributed by atoms with E-state index in [-0.39, 0.29) is 65.0 Å². The molecule has 2 aliphatic heterocycles. The van der Waals surface area contributed by atoms with E-state index in [1.807, 2.05) is 0 Å². The number of sulfone groups is 1. The second kappa shape index (κ2) is 10.5. The molecule has 2 saturated heterocycles. The molecule has 3 aromatic heterocycles. The molecule has 0 radical (unpaired) electrons. The zero-order valence-corrected chi connectivity index (χ0v) is 24.1. The summed E-state index contributed by atoms with van der Waals surface area (Å²) in [6, 6.07) is 7.45. The van der Waals surface area contributed by atoms with Crippen molar-refractivity contribution in [2.24, 2.45) is 5.92 Å². The number of pyridine rings is 1. The Hall–Kier alpha value is -4.18. The number of nitrogens with zero attached hydrogens (tertiary/aromatic N) is 4. The van der Waals surface area contributed by atoms with Crippen LogP contribution < -0.4 is 9.64 Å². The monoisotopic (exact) mass is 612 g/mol. The predicted octanol–water partition coefficient (Wildman–Crippen LogP) is 4.92. The Morgan fingerprint density at radius 2 is 2.05 bits per heavy atom. The summed E-state index contributed by atoms with van der Waals surface area (Å²) < 4.78 is 81.1. The van der Waals surface area contributed by atoms with E-state index < -0.39 is 45.8 Å². The van der Waals surface area contributed by atoms with E-state index in [2.05, 4.69) is 20.9 Å². The highest BCUT2D eigenvalue weighted by atomic mass is 32.2. The van der Waals surface area contributed by atoms with Gasteiger partial charge in [-0.1, -0.05) is 25.0 Å². The standard InChI is InChI=1S/C30H27F3N4O5S/c1-4-18-11-21(30(33)9-10-43(39,40)15-16(30)2)29(34-13-18)41-19-12-22(17(3)38)37(14-19)28-25-24(35-27(36-28)26(31)32)20-7-5-6-8-23(20)42-25/h1,5-8,11,13,16,19,22,26H,9-10,12,14-15H2,2-3H3/t16-,19+,22+,30+/m1/s1. The van der Waals surface area contributed by atoms with Gasteiger partial charge in [-0.15, -0.1) is 6.42 Å². The third kappa shape index (κ3) is 5.07. The van der Waals surface area contributed by atoms with Crippen molar-refractivity contribution >= 4 is 43.5 Å². The van der Waals surface area contributed by atoms with E-state index in [1.54, 1.807) is 29.2 Å². The summed E-state index contributed by atoms with van der Waals surface area (Å²) in [5.74, 6) is -0.199. The molecule has 9 nitrogen and oxygen atoms in total. The molecule has 4 atom stereocenters. The van der Waals surface area contributed by atoms with Gasteiger partial charge in [0.1, 0.15) is 22.9 Å². The highest BCUT2D eigenvalue weighted by Crippen LogP contribution is 2.46. The maximum atomic E-state index is 16.6. The van der Waals surface area contributed by atoms with Crippen LogP contribution in [0.5, 0.6) is 5.88 Å². The van der Waals surface area contributed by atoms with Crippen LogP contribution in [0.1, 0.15) is 50.1 Å². The topological polar surface area (TPSA) is 115 Å². The van der Waals surface area contributed by atoms with Crippen molar-refractivity contribution in [3.05, 3.63) is 53.5 Å². The summed E-state index contributed by atoms with van der Waals surface area (Å²) in [6.07, 6.45) is 3.00. The number of ketones is 1. The quantitative estimate of drug-likeness (QED) is 0.280. The zero-order valence-electron chi connectivity index (χ0n) is 23.3. The number of ether oxygens (including phenoxy) is 1. The van der Waals surface area contributed by atoms with Crippen LogP contribution in [0.4, 0.5) is 19.0 Å². The van der Waals surface area contributed by atoms with Crippen molar-refractivity contribution < 1.29 is 35.5 Å². The molecule has 13 heteroatoms. The van der Waals surface area contributed by atoms with Crippen LogP contribution >= 0.6 is 0 Å². The molecule has 0 aliphatic carbocycles. The minimum absolute atomic E-state index is 0.0112. The minimum Gasteiger partial charge on any atom is -0.472 e. The average Bonchev–Trinajstić information content (AvgIpc) is 3.56. The molecular weight excluding hydrogens is 585 g/mol. The largest absolute Gasteiger partial charge is 0.472 e. The number of hydrogen-bond donors (Lipinski definition) is 0. The smallest absolute Gasteiger partial charge is 0.297 e. The van der Waals surface area contributed by atoms with Gasteiger partial charge in [0, 0.05) is 35.9 Å². The average molecular weight is 613 g/mol. The number of benzene rings is 1. The van der Waals surface area contributed by atoms with Crippen LogP contribution in [-0.4, -0.2) is 59.3 Å². The summed E-state index contributed by atoms with van der Waals surface area (Å²) >= 11 is 0. The molecule has 2 aliphatic rings. The van der Waals surface area contributed by atoms with E-state index in [4.69, 9.17) is 15.6 Å². The first kappa shape index (κ1) is 28.9. The van der Waals surface area contributed by atoms with Gasteiger partial charge < -0.3 is 14.1 Å². The summed E-state index contributed by atoms with van der Waals surface area (Å²) in [5.41, 5.74) is -0.998. The number of carbonyl (C=O) groups is 1. The number of Topliss-reactive ketones (excluding diaryl/α,β-unsaturated/α-hetero) is 1. The van der Waals surface area contributed by atoms with Gasteiger partial charge >= 0.3 is 0 Å². The Labute approximate surface area is 245 Å². The molecule has 2 fully saturated rings. The Morgan fingerprint density at radius 1 is 1.28 bits per heavy atom. The Balaban J connectivity index is 1.40. The van der Waals surface area contributed by atoms with Crippen LogP contribution in [0.25, 0.3) is 22.1 Å². The first-order valence-electron chi connectivity index (χ1n) is 13.7. The molecule has 4 aromatic rings. The molecule has 0 spiro atoms.